The Morgan fingerprint density at radius 1 is 1.50 bits per heavy atom. The predicted octanol–water partition coefficient (Wildman–Crippen LogP) is -0.648. The molecular formula is C13H17N3O4. The lowest BCUT2D eigenvalue weighted by Crippen LogP contribution is -2.57. The number of pyridine rings is 1. The van der Waals surface area contributed by atoms with Gasteiger partial charge >= 0.3 is 5.97 Å². The van der Waals surface area contributed by atoms with E-state index in [0.29, 0.717) is 19.6 Å². The summed E-state index contributed by atoms with van der Waals surface area (Å²) in [5.74, 6) is -0.770. The largest absolute Gasteiger partial charge is 0.464 e. The molecule has 1 aromatic heterocycles. The third-order valence-electron chi connectivity index (χ3n) is 3.08. The summed E-state index contributed by atoms with van der Waals surface area (Å²) in [4.78, 5) is 39.5. The number of hydrogen-bond donors (Lipinski definition) is 2. The summed E-state index contributed by atoms with van der Waals surface area (Å²) in [6.45, 7) is 3.34. The highest BCUT2D eigenvalue weighted by molar-refractivity contribution is 5.96. The number of aromatic amines is 1. The Morgan fingerprint density at radius 3 is 3.00 bits per heavy atom. The molecule has 1 fully saturated rings. The fourth-order valence-corrected chi connectivity index (χ4v) is 2.14. The number of carbonyl (C=O) groups is 2. The van der Waals surface area contributed by atoms with Crippen LogP contribution in [0.2, 0.25) is 0 Å². The number of esters is 1. The Hall–Kier alpha value is -2.15. The molecule has 7 nitrogen and oxygen atoms in total. The van der Waals surface area contributed by atoms with Crippen LogP contribution in [0.4, 0.5) is 0 Å². The standard InChI is InChI=1S/C13H17N3O4/c1-2-20-13(19)10-8-14-5-6-16(10)12(18)9-3-4-15-11(17)7-9/h3-4,7,10,14H,2,5-6,8H2,1H3,(H,15,17). The van der Waals surface area contributed by atoms with Crippen LogP contribution < -0.4 is 10.9 Å². The van der Waals surface area contributed by atoms with Crippen molar-refractivity contribution in [1.29, 1.82) is 0 Å². The average Bonchev–Trinajstić information content (AvgIpc) is 2.47. The molecule has 20 heavy (non-hydrogen) atoms. The van der Waals surface area contributed by atoms with Gasteiger partial charge in [-0.05, 0) is 13.0 Å². The Bertz CT molecular complexity index is 555. The van der Waals surface area contributed by atoms with Gasteiger partial charge in [0.05, 0.1) is 6.61 Å². The number of nitrogens with one attached hydrogen (secondary N) is 2. The molecule has 1 amide bonds. The van der Waals surface area contributed by atoms with Crippen molar-refractivity contribution in [3.05, 3.63) is 34.2 Å². The summed E-state index contributed by atoms with van der Waals surface area (Å²) in [7, 11) is 0. The lowest BCUT2D eigenvalue weighted by atomic mass is 10.1. The first kappa shape index (κ1) is 14.3. The summed E-state index contributed by atoms with van der Waals surface area (Å²) in [5.41, 5.74) is -0.0800. The molecule has 7 heteroatoms. The Kier molecular flexibility index (Phi) is 4.52. The van der Waals surface area contributed by atoms with Crippen LogP contribution in [0.25, 0.3) is 0 Å². The van der Waals surface area contributed by atoms with E-state index in [9.17, 15) is 14.4 Å². The van der Waals surface area contributed by atoms with E-state index in [1.807, 2.05) is 0 Å². The van der Waals surface area contributed by atoms with E-state index in [1.165, 1.54) is 23.2 Å². The van der Waals surface area contributed by atoms with Gasteiger partial charge < -0.3 is 19.9 Å². The maximum absolute atomic E-state index is 12.4. The number of ether oxygens (including phenoxy) is 1. The molecule has 1 aliphatic heterocycles. The first-order chi connectivity index (χ1) is 9.63. The molecule has 0 aliphatic carbocycles. The van der Waals surface area contributed by atoms with E-state index in [1.54, 1.807) is 6.92 Å². The molecule has 2 heterocycles. The van der Waals surface area contributed by atoms with E-state index in [-0.39, 0.29) is 23.6 Å². The highest BCUT2D eigenvalue weighted by Gasteiger charge is 2.33. The van der Waals surface area contributed by atoms with Crippen LogP contribution >= 0.6 is 0 Å². The van der Waals surface area contributed by atoms with Crippen molar-refractivity contribution in [3.8, 4) is 0 Å². The zero-order valence-electron chi connectivity index (χ0n) is 11.2. The molecule has 0 radical (unpaired) electrons. The maximum Gasteiger partial charge on any atom is 0.330 e. The topological polar surface area (TPSA) is 91.5 Å². The van der Waals surface area contributed by atoms with Gasteiger partial charge in [-0.25, -0.2) is 4.79 Å². The van der Waals surface area contributed by atoms with Crippen LogP contribution in [0.1, 0.15) is 17.3 Å². The van der Waals surface area contributed by atoms with Crippen LogP contribution in [0.3, 0.4) is 0 Å². The zero-order chi connectivity index (χ0) is 14.5. The number of rotatable bonds is 3. The van der Waals surface area contributed by atoms with Gasteiger partial charge in [-0.2, -0.15) is 0 Å². The molecule has 108 valence electrons. The molecular weight excluding hydrogens is 262 g/mol. The van der Waals surface area contributed by atoms with E-state index in [2.05, 4.69) is 10.3 Å². The third kappa shape index (κ3) is 3.05. The lowest BCUT2D eigenvalue weighted by Gasteiger charge is -2.34. The Morgan fingerprint density at radius 2 is 2.30 bits per heavy atom. The first-order valence-corrected chi connectivity index (χ1v) is 6.50. The van der Waals surface area contributed by atoms with Crippen molar-refractivity contribution >= 4 is 11.9 Å². The molecule has 1 unspecified atom stereocenters. The number of piperazine rings is 1. The summed E-state index contributed by atoms with van der Waals surface area (Å²) >= 11 is 0. The molecule has 0 bridgehead atoms. The second-order valence-corrected chi connectivity index (χ2v) is 4.41. The van der Waals surface area contributed by atoms with Gasteiger partial charge in [0.15, 0.2) is 0 Å². The van der Waals surface area contributed by atoms with Crippen LogP contribution in [0.15, 0.2) is 23.1 Å². The molecule has 0 aromatic carbocycles. The fraction of sp³-hybridized carbons (Fsp3) is 0.462. The lowest BCUT2D eigenvalue weighted by molar-refractivity contribution is -0.149. The first-order valence-electron chi connectivity index (χ1n) is 6.50. The number of aromatic nitrogens is 1. The van der Waals surface area contributed by atoms with E-state index in [0.717, 1.165) is 0 Å². The van der Waals surface area contributed by atoms with Crippen molar-refractivity contribution in [2.24, 2.45) is 0 Å². The van der Waals surface area contributed by atoms with Gasteiger partial charge in [0.25, 0.3) is 5.91 Å². The normalized spacial score (nSPS) is 18.6. The van der Waals surface area contributed by atoms with Crippen LogP contribution in [0.5, 0.6) is 0 Å². The second-order valence-electron chi connectivity index (χ2n) is 4.41. The van der Waals surface area contributed by atoms with Crippen molar-refractivity contribution in [2.45, 2.75) is 13.0 Å². The average molecular weight is 279 g/mol. The van der Waals surface area contributed by atoms with Crippen molar-refractivity contribution < 1.29 is 14.3 Å². The summed E-state index contributed by atoms with van der Waals surface area (Å²) in [6, 6.07) is 2.09. The summed E-state index contributed by atoms with van der Waals surface area (Å²) in [5, 5.41) is 3.06. The number of nitrogens with zero attached hydrogens (tertiary/aromatic N) is 1. The highest BCUT2D eigenvalue weighted by atomic mass is 16.5. The number of carbonyl (C=O) groups excluding carboxylic acids is 2. The maximum atomic E-state index is 12.4. The smallest absolute Gasteiger partial charge is 0.330 e. The van der Waals surface area contributed by atoms with Crippen LogP contribution in [-0.4, -0.2) is 54.0 Å². The number of hydrogen-bond acceptors (Lipinski definition) is 5. The molecule has 1 atom stereocenters. The molecule has 2 rings (SSSR count). The van der Waals surface area contributed by atoms with Gasteiger partial charge in [-0.15, -0.1) is 0 Å². The Labute approximate surface area is 115 Å². The summed E-state index contributed by atoms with van der Waals surface area (Å²) in [6.07, 6.45) is 1.41. The van der Waals surface area contributed by atoms with Gasteiger partial charge in [0.1, 0.15) is 6.04 Å². The second kappa shape index (κ2) is 6.33. The Balaban J connectivity index is 2.21. The highest BCUT2D eigenvalue weighted by Crippen LogP contribution is 2.10. The monoisotopic (exact) mass is 279 g/mol. The van der Waals surface area contributed by atoms with Crippen LogP contribution in [0, 0.1) is 0 Å². The van der Waals surface area contributed by atoms with Crippen molar-refractivity contribution in [3.63, 3.8) is 0 Å². The zero-order valence-corrected chi connectivity index (χ0v) is 11.2. The van der Waals surface area contributed by atoms with Gasteiger partial charge in [0, 0.05) is 37.5 Å². The van der Waals surface area contributed by atoms with E-state index < -0.39 is 12.0 Å². The molecule has 0 spiro atoms. The van der Waals surface area contributed by atoms with Gasteiger partial charge in [-0.1, -0.05) is 0 Å². The van der Waals surface area contributed by atoms with Crippen molar-refractivity contribution in [2.75, 3.05) is 26.2 Å². The van der Waals surface area contributed by atoms with Gasteiger partial charge in [0.2, 0.25) is 5.56 Å². The summed E-state index contributed by atoms with van der Waals surface area (Å²) < 4.78 is 4.98. The SMILES string of the molecule is CCOC(=O)C1CNCCN1C(=O)c1cc[nH]c(=O)c1. The molecule has 1 aromatic rings. The number of H-pyrrole nitrogens is 1. The predicted molar refractivity (Wildman–Crippen MR) is 71.4 cm³/mol. The molecule has 2 N–H and O–H groups in total. The minimum absolute atomic E-state index is 0.266. The van der Waals surface area contributed by atoms with Crippen molar-refractivity contribution in [1.82, 2.24) is 15.2 Å². The fourth-order valence-electron chi connectivity index (χ4n) is 2.14. The number of amides is 1. The minimum atomic E-state index is -0.657. The van der Waals surface area contributed by atoms with E-state index in [4.69, 9.17) is 4.74 Å². The minimum Gasteiger partial charge on any atom is -0.464 e. The van der Waals surface area contributed by atoms with Crippen LogP contribution in [-0.2, 0) is 9.53 Å². The van der Waals surface area contributed by atoms with Gasteiger partial charge in [-0.3, -0.25) is 9.59 Å². The quantitative estimate of drug-likeness (QED) is 0.718. The molecule has 1 saturated heterocycles. The van der Waals surface area contributed by atoms with E-state index >= 15 is 0 Å². The molecule has 1 aliphatic rings. The molecule has 0 saturated carbocycles. The third-order valence-corrected chi connectivity index (χ3v) is 3.08.